The lowest BCUT2D eigenvalue weighted by molar-refractivity contribution is -0.156. The number of ether oxygens (including phenoxy) is 2. The third kappa shape index (κ3) is 23.7. The monoisotopic (exact) mass is 428 g/mol. The molecule has 0 fully saturated rings. The van der Waals surface area contributed by atoms with Gasteiger partial charge in [-0.3, -0.25) is 4.79 Å². The molecule has 0 aromatic rings. The molecule has 0 heterocycles. The van der Waals surface area contributed by atoms with Crippen LogP contribution in [0.1, 0.15) is 142 Å². The van der Waals surface area contributed by atoms with Crippen LogP contribution in [0.3, 0.4) is 0 Å². The number of hydrogen-bond acceptors (Lipinski definition) is 3. The molecule has 0 unspecified atom stereocenters. The predicted molar refractivity (Wildman–Crippen MR) is 127 cm³/mol. The fourth-order valence-electron chi connectivity index (χ4n) is 3.71. The maximum absolute atomic E-state index is 10.9. The highest BCUT2D eigenvalue weighted by molar-refractivity contribution is 5.66. The van der Waals surface area contributed by atoms with E-state index in [0.717, 1.165) is 12.8 Å². The average Bonchev–Trinajstić information content (AvgIpc) is 2.73. The molecule has 4 nitrogen and oxygen atoms in total. The van der Waals surface area contributed by atoms with Crippen molar-refractivity contribution in [1.29, 1.82) is 0 Å². The van der Waals surface area contributed by atoms with Crippen LogP contribution in [0, 0.1) is 0 Å². The summed E-state index contributed by atoms with van der Waals surface area (Å²) in [6.45, 7) is 5.86. The molecule has 180 valence electrons. The van der Waals surface area contributed by atoms with E-state index in [-0.39, 0.29) is 12.7 Å². The van der Waals surface area contributed by atoms with E-state index in [4.69, 9.17) is 14.6 Å². The van der Waals surface area contributed by atoms with Crippen LogP contribution in [0.5, 0.6) is 0 Å². The highest BCUT2D eigenvalue weighted by Crippen LogP contribution is 2.13. The summed E-state index contributed by atoms with van der Waals surface area (Å²) in [5.74, 6) is -0.779. The van der Waals surface area contributed by atoms with E-state index in [0.29, 0.717) is 19.6 Å². The van der Waals surface area contributed by atoms with E-state index in [1.54, 1.807) is 0 Å². The number of carboxylic acids is 1. The fourth-order valence-corrected chi connectivity index (χ4v) is 3.71. The molecule has 30 heavy (non-hydrogen) atoms. The summed E-state index contributed by atoms with van der Waals surface area (Å²) in [4.78, 5) is 10.9. The molecule has 0 atom stereocenters. The summed E-state index contributed by atoms with van der Waals surface area (Å²) in [6.07, 6.45) is 23.4. The zero-order valence-electron chi connectivity index (χ0n) is 20.3. The molecule has 0 rings (SSSR count). The lowest BCUT2D eigenvalue weighted by Gasteiger charge is -2.18. The van der Waals surface area contributed by atoms with Gasteiger partial charge in [0.25, 0.3) is 0 Å². The molecule has 0 saturated carbocycles. The Kier molecular flexibility index (Phi) is 24.2. The highest BCUT2D eigenvalue weighted by atomic mass is 16.7. The van der Waals surface area contributed by atoms with Crippen molar-refractivity contribution in [2.75, 3.05) is 13.2 Å². The molecule has 0 radical (unpaired) electrons. The average molecular weight is 429 g/mol. The van der Waals surface area contributed by atoms with Gasteiger partial charge in [-0.15, -0.1) is 0 Å². The first-order chi connectivity index (χ1) is 14.7. The number of hydrogen-bond donors (Lipinski definition) is 1. The highest BCUT2D eigenvalue weighted by Gasteiger charge is 2.11. The summed E-state index contributed by atoms with van der Waals surface area (Å²) in [5.41, 5.74) is 0. The van der Waals surface area contributed by atoms with E-state index >= 15 is 0 Å². The predicted octanol–water partition coefficient (Wildman–Crippen LogP) is 8.27. The second-order valence-corrected chi connectivity index (χ2v) is 8.76. The molecule has 0 bridgehead atoms. The molecule has 1 N–H and O–H groups in total. The second kappa shape index (κ2) is 24.7. The number of rotatable bonds is 25. The van der Waals surface area contributed by atoms with Gasteiger partial charge in [0.2, 0.25) is 0 Å². The third-order valence-electron chi connectivity index (χ3n) is 5.70. The Hall–Kier alpha value is -0.610. The van der Waals surface area contributed by atoms with Gasteiger partial charge < -0.3 is 14.6 Å². The molecule has 0 aliphatic carbocycles. The van der Waals surface area contributed by atoms with Crippen molar-refractivity contribution in [1.82, 2.24) is 0 Å². The Morgan fingerprint density at radius 2 is 0.933 bits per heavy atom. The molecule has 0 aliphatic heterocycles. The minimum Gasteiger partial charge on any atom is -0.481 e. The number of aliphatic carboxylic acids is 1. The van der Waals surface area contributed by atoms with Crippen molar-refractivity contribution >= 4 is 5.97 Å². The molecule has 0 aromatic carbocycles. The molecule has 0 amide bonds. The quantitative estimate of drug-likeness (QED) is 0.117. The fraction of sp³-hybridized carbons (Fsp3) is 0.962. The molecule has 0 spiro atoms. The van der Waals surface area contributed by atoms with E-state index < -0.39 is 5.97 Å². The third-order valence-corrected chi connectivity index (χ3v) is 5.70. The van der Waals surface area contributed by atoms with Gasteiger partial charge >= 0.3 is 5.97 Å². The molecule has 0 aliphatic rings. The van der Waals surface area contributed by atoms with Gasteiger partial charge in [-0.1, -0.05) is 117 Å². The summed E-state index contributed by atoms with van der Waals surface area (Å²) < 4.78 is 11.7. The lowest BCUT2D eigenvalue weighted by Crippen LogP contribution is -2.20. The van der Waals surface area contributed by atoms with Gasteiger partial charge in [0, 0.05) is 19.6 Å². The van der Waals surface area contributed by atoms with Crippen LogP contribution in [0.25, 0.3) is 0 Å². The van der Waals surface area contributed by atoms with Crippen LogP contribution in [-0.4, -0.2) is 30.6 Å². The first-order valence-electron chi connectivity index (χ1n) is 13.2. The summed E-state index contributed by atoms with van der Waals surface area (Å²) in [7, 11) is 0. The van der Waals surface area contributed by atoms with Gasteiger partial charge in [0.05, 0.1) is 6.42 Å². The van der Waals surface area contributed by atoms with Crippen LogP contribution in [0.4, 0.5) is 0 Å². The zero-order valence-corrected chi connectivity index (χ0v) is 20.3. The topological polar surface area (TPSA) is 55.8 Å². The Morgan fingerprint density at radius 3 is 1.27 bits per heavy atom. The van der Waals surface area contributed by atoms with Crippen molar-refractivity contribution in [2.24, 2.45) is 0 Å². The molecular formula is C26H52O4. The SMILES string of the molecule is CCCCCCCCCCCOC(CCC(=O)O)OCCCCCCCCCCC. The smallest absolute Gasteiger partial charge is 0.303 e. The van der Waals surface area contributed by atoms with Gasteiger partial charge in [-0.05, 0) is 12.8 Å². The van der Waals surface area contributed by atoms with Gasteiger partial charge in [-0.2, -0.15) is 0 Å². The van der Waals surface area contributed by atoms with Gasteiger partial charge in [-0.25, -0.2) is 0 Å². The molecule has 0 saturated heterocycles. The minimum atomic E-state index is -0.779. The zero-order chi connectivity index (χ0) is 22.1. The normalized spacial score (nSPS) is 11.4. The summed E-state index contributed by atoms with van der Waals surface area (Å²) in [6, 6.07) is 0. The maximum atomic E-state index is 10.9. The number of unbranched alkanes of at least 4 members (excludes halogenated alkanes) is 16. The first kappa shape index (κ1) is 29.4. The Morgan fingerprint density at radius 1 is 0.600 bits per heavy atom. The Bertz CT molecular complexity index is 322. The molecule has 4 heteroatoms. The van der Waals surface area contributed by atoms with Gasteiger partial charge in [0.1, 0.15) is 0 Å². The maximum Gasteiger partial charge on any atom is 0.303 e. The van der Waals surface area contributed by atoms with Crippen LogP contribution in [0.15, 0.2) is 0 Å². The van der Waals surface area contributed by atoms with E-state index in [1.807, 2.05) is 0 Å². The summed E-state index contributed by atoms with van der Waals surface area (Å²) >= 11 is 0. The van der Waals surface area contributed by atoms with Crippen LogP contribution in [0.2, 0.25) is 0 Å². The number of carbonyl (C=O) groups is 1. The van der Waals surface area contributed by atoms with E-state index in [1.165, 1.54) is 103 Å². The van der Waals surface area contributed by atoms with Gasteiger partial charge in [0.15, 0.2) is 6.29 Å². The Balaban J connectivity index is 3.65. The van der Waals surface area contributed by atoms with Crippen molar-refractivity contribution < 1.29 is 19.4 Å². The van der Waals surface area contributed by atoms with Crippen LogP contribution < -0.4 is 0 Å². The standard InChI is InChI=1S/C26H52O4/c1-3-5-7-9-11-13-15-17-19-23-29-26(22-21-25(27)28)30-24-20-18-16-14-12-10-8-6-4-2/h26H,3-24H2,1-2H3,(H,27,28). The molecular weight excluding hydrogens is 376 g/mol. The number of carboxylic acid groups (broad SMARTS) is 1. The van der Waals surface area contributed by atoms with Crippen molar-refractivity contribution in [3.63, 3.8) is 0 Å². The van der Waals surface area contributed by atoms with Crippen molar-refractivity contribution in [3.05, 3.63) is 0 Å². The minimum absolute atomic E-state index is 0.111. The van der Waals surface area contributed by atoms with Crippen molar-refractivity contribution in [3.8, 4) is 0 Å². The van der Waals surface area contributed by atoms with E-state index in [2.05, 4.69) is 13.8 Å². The second-order valence-electron chi connectivity index (χ2n) is 8.76. The molecule has 0 aromatic heterocycles. The first-order valence-corrected chi connectivity index (χ1v) is 13.2. The largest absolute Gasteiger partial charge is 0.481 e. The summed E-state index contributed by atoms with van der Waals surface area (Å²) in [5, 5.41) is 8.94. The van der Waals surface area contributed by atoms with E-state index in [9.17, 15) is 4.79 Å². The van der Waals surface area contributed by atoms with Crippen molar-refractivity contribution in [2.45, 2.75) is 149 Å². The van der Waals surface area contributed by atoms with Crippen LogP contribution in [-0.2, 0) is 14.3 Å². The van der Waals surface area contributed by atoms with Crippen LogP contribution >= 0.6 is 0 Å². The Labute approximate surface area is 187 Å². The lowest BCUT2D eigenvalue weighted by atomic mass is 10.1.